The molecule has 0 aliphatic heterocycles. The fourth-order valence-corrected chi connectivity index (χ4v) is 3.35. The van der Waals surface area contributed by atoms with Crippen LogP contribution in [-0.4, -0.2) is 27.0 Å². The molecule has 0 saturated heterocycles. The van der Waals surface area contributed by atoms with Gasteiger partial charge in [-0.05, 0) is 54.8 Å². The third kappa shape index (κ3) is 4.81. The second-order valence-corrected chi connectivity index (χ2v) is 7.90. The Morgan fingerprint density at radius 2 is 1.86 bits per heavy atom. The molecule has 8 heteroatoms. The Morgan fingerprint density at radius 1 is 1.10 bits per heavy atom. The van der Waals surface area contributed by atoms with Crippen LogP contribution in [-0.2, 0) is 11.3 Å². The maximum absolute atomic E-state index is 12.8. The van der Waals surface area contributed by atoms with Gasteiger partial charge in [-0.2, -0.15) is 0 Å². The molecule has 4 rings (SSSR count). The van der Waals surface area contributed by atoms with Gasteiger partial charge >= 0.3 is 0 Å². The van der Waals surface area contributed by atoms with E-state index in [1.165, 1.54) is 6.08 Å². The van der Waals surface area contributed by atoms with Gasteiger partial charge in [0.2, 0.25) is 17.7 Å². The Morgan fingerprint density at radius 3 is 2.59 bits per heavy atom. The molecule has 2 aromatic carbocycles. The van der Waals surface area contributed by atoms with Crippen molar-refractivity contribution in [2.24, 2.45) is 0 Å². The van der Waals surface area contributed by atoms with Crippen molar-refractivity contribution in [1.29, 1.82) is 0 Å². The molecule has 1 amide bonds. The predicted molar refractivity (Wildman–Crippen MR) is 114 cm³/mol. The second kappa shape index (κ2) is 8.57. The van der Waals surface area contributed by atoms with Gasteiger partial charge in [0.1, 0.15) is 0 Å². The highest BCUT2D eigenvalue weighted by atomic mass is 35.5. The van der Waals surface area contributed by atoms with E-state index < -0.39 is 0 Å². The Kier molecular flexibility index (Phi) is 5.90. The van der Waals surface area contributed by atoms with Crippen LogP contribution in [0.15, 0.2) is 53.0 Å². The monoisotopic (exact) mass is 447 g/mol. The van der Waals surface area contributed by atoms with Crippen LogP contribution in [0.1, 0.15) is 24.3 Å². The standard InChI is InChI=1S/C21H16Cl3N3O2/c22-15-7-4-14(5-8-15)21-26-25-18(29-21)12-27(16-9-10-16)19(28)11-6-13-2-1-3-17(23)20(13)24/h1-8,11,16H,9-10,12H2/b11-6+. The minimum atomic E-state index is -0.144. The van der Waals surface area contributed by atoms with Crippen LogP contribution in [0.3, 0.4) is 0 Å². The van der Waals surface area contributed by atoms with Crippen LogP contribution in [0.5, 0.6) is 0 Å². The molecule has 1 aliphatic carbocycles. The number of hydrogen-bond acceptors (Lipinski definition) is 4. The lowest BCUT2D eigenvalue weighted by molar-refractivity contribution is -0.127. The van der Waals surface area contributed by atoms with Crippen LogP contribution >= 0.6 is 34.8 Å². The Bertz CT molecular complexity index is 1060. The summed E-state index contributed by atoms with van der Waals surface area (Å²) in [5.41, 5.74) is 1.46. The molecule has 1 heterocycles. The number of aromatic nitrogens is 2. The van der Waals surface area contributed by atoms with E-state index in [2.05, 4.69) is 10.2 Å². The van der Waals surface area contributed by atoms with Crippen LogP contribution < -0.4 is 0 Å². The van der Waals surface area contributed by atoms with E-state index in [-0.39, 0.29) is 18.5 Å². The lowest BCUT2D eigenvalue weighted by atomic mass is 10.2. The summed E-state index contributed by atoms with van der Waals surface area (Å²) in [7, 11) is 0. The fraction of sp³-hybridized carbons (Fsp3) is 0.190. The Balaban J connectivity index is 1.48. The number of carbonyl (C=O) groups is 1. The van der Waals surface area contributed by atoms with Crippen molar-refractivity contribution in [1.82, 2.24) is 15.1 Å². The molecular formula is C21H16Cl3N3O2. The molecule has 1 fully saturated rings. The average molecular weight is 449 g/mol. The highest BCUT2D eigenvalue weighted by molar-refractivity contribution is 6.42. The third-order valence-electron chi connectivity index (χ3n) is 4.52. The van der Waals surface area contributed by atoms with Crippen molar-refractivity contribution in [3.63, 3.8) is 0 Å². The van der Waals surface area contributed by atoms with Crippen molar-refractivity contribution in [3.05, 3.63) is 75.1 Å². The zero-order chi connectivity index (χ0) is 20.4. The largest absolute Gasteiger partial charge is 0.419 e. The number of benzene rings is 2. The fourth-order valence-electron chi connectivity index (χ4n) is 2.85. The molecule has 5 nitrogen and oxygen atoms in total. The molecule has 1 aromatic heterocycles. The Labute approximate surface area is 182 Å². The molecule has 29 heavy (non-hydrogen) atoms. The van der Waals surface area contributed by atoms with E-state index in [0.29, 0.717) is 32.4 Å². The summed E-state index contributed by atoms with van der Waals surface area (Å²) in [5, 5.41) is 9.65. The van der Waals surface area contributed by atoms with Crippen molar-refractivity contribution >= 4 is 46.8 Å². The van der Waals surface area contributed by atoms with Gasteiger partial charge in [-0.3, -0.25) is 4.79 Å². The van der Waals surface area contributed by atoms with Crippen molar-refractivity contribution in [2.75, 3.05) is 0 Å². The van der Waals surface area contributed by atoms with E-state index in [1.54, 1.807) is 53.4 Å². The van der Waals surface area contributed by atoms with Crippen molar-refractivity contribution < 1.29 is 9.21 Å². The maximum Gasteiger partial charge on any atom is 0.247 e. The van der Waals surface area contributed by atoms with Gasteiger partial charge in [-0.25, -0.2) is 0 Å². The van der Waals surface area contributed by atoms with E-state index in [1.807, 2.05) is 0 Å². The van der Waals surface area contributed by atoms with Crippen LogP contribution in [0.25, 0.3) is 17.5 Å². The number of halogens is 3. The summed E-state index contributed by atoms with van der Waals surface area (Å²) in [4.78, 5) is 14.5. The molecule has 0 radical (unpaired) electrons. The SMILES string of the molecule is O=C(/C=C/c1cccc(Cl)c1Cl)N(Cc1nnc(-c2ccc(Cl)cc2)o1)C1CC1. The van der Waals surface area contributed by atoms with Crippen molar-refractivity contribution in [2.45, 2.75) is 25.4 Å². The first kappa shape index (κ1) is 20.0. The number of amides is 1. The van der Waals surface area contributed by atoms with Gasteiger partial charge < -0.3 is 9.32 Å². The molecule has 0 bridgehead atoms. The number of hydrogen-bond donors (Lipinski definition) is 0. The smallest absolute Gasteiger partial charge is 0.247 e. The van der Waals surface area contributed by atoms with Crippen LogP contribution in [0.2, 0.25) is 15.1 Å². The summed E-state index contributed by atoms with van der Waals surface area (Å²) >= 11 is 18.1. The first-order valence-corrected chi connectivity index (χ1v) is 10.2. The third-order valence-corrected chi connectivity index (χ3v) is 5.61. The number of nitrogens with zero attached hydrogens (tertiary/aromatic N) is 3. The summed E-state index contributed by atoms with van der Waals surface area (Å²) in [6.45, 7) is 0.248. The molecule has 0 atom stereocenters. The predicted octanol–water partition coefficient (Wildman–Crippen LogP) is 5.90. The molecule has 1 aliphatic rings. The summed E-state index contributed by atoms with van der Waals surface area (Å²) in [5.74, 6) is 0.625. The van der Waals surface area contributed by atoms with Crippen LogP contribution in [0.4, 0.5) is 0 Å². The number of carbonyl (C=O) groups excluding carboxylic acids is 1. The molecule has 1 saturated carbocycles. The summed E-state index contributed by atoms with van der Waals surface area (Å²) in [6, 6.07) is 12.6. The second-order valence-electron chi connectivity index (χ2n) is 6.68. The zero-order valence-corrected chi connectivity index (χ0v) is 17.5. The van der Waals surface area contributed by atoms with E-state index >= 15 is 0 Å². The molecular weight excluding hydrogens is 433 g/mol. The molecule has 3 aromatic rings. The molecule has 148 valence electrons. The first-order valence-electron chi connectivity index (χ1n) is 9.02. The molecule has 0 unspecified atom stereocenters. The van der Waals surface area contributed by atoms with Gasteiger partial charge in [0.25, 0.3) is 0 Å². The normalized spacial score (nSPS) is 13.8. The van der Waals surface area contributed by atoms with Gasteiger partial charge in [0.05, 0.1) is 16.6 Å². The maximum atomic E-state index is 12.8. The van der Waals surface area contributed by atoms with Crippen molar-refractivity contribution in [3.8, 4) is 11.5 Å². The highest BCUT2D eigenvalue weighted by Gasteiger charge is 2.32. The topological polar surface area (TPSA) is 59.2 Å². The van der Waals surface area contributed by atoms with Gasteiger partial charge in [-0.15, -0.1) is 10.2 Å². The molecule has 0 N–H and O–H groups in total. The van der Waals surface area contributed by atoms with E-state index in [0.717, 1.165) is 18.4 Å². The first-order chi connectivity index (χ1) is 14.0. The van der Waals surface area contributed by atoms with Gasteiger partial charge in [-0.1, -0.05) is 46.9 Å². The van der Waals surface area contributed by atoms with Crippen LogP contribution in [0, 0.1) is 0 Å². The summed E-state index contributed by atoms with van der Waals surface area (Å²) in [6.07, 6.45) is 5.07. The average Bonchev–Trinajstić information content (AvgIpc) is 3.45. The summed E-state index contributed by atoms with van der Waals surface area (Å²) < 4.78 is 5.74. The van der Waals surface area contributed by atoms with Gasteiger partial charge in [0, 0.05) is 22.7 Å². The van der Waals surface area contributed by atoms with E-state index in [4.69, 9.17) is 39.2 Å². The van der Waals surface area contributed by atoms with Gasteiger partial charge in [0.15, 0.2) is 0 Å². The Hall–Kier alpha value is -2.34. The molecule has 0 spiro atoms. The quantitative estimate of drug-likeness (QED) is 0.440. The lowest BCUT2D eigenvalue weighted by Crippen LogP contribution is -2.31. The van der Waals surface area contributed by atoms with E-state index in [9.17, 15) is 4.79 Å². The zero-order valence-electron chi connectivity index (χ0n) is 15.2. The minimum absolute atomic E-state index is 0.144. The highest BCUT2D eigenvalue weighted by Crippen LogP contribution is 2.30. The number of rotatable bonds is 6. The lowest BCUT2D eigenvalue weighted by Gasteiger charge is -2.18. The minimum Gasteiger partial charge on any atom is -0.419 e.